The predicted molar refractivity (Wildman–Crippen MR) is 29.0 cm³/mol. The van der Waals surface area contributed by atoms with E-state index in [1.54, 1.807) is 0 Å². The van der Waals surface area contributed by atoms with Crippen LogP contribution in [0.3, 0.4) is 0 Å². The molecule has 40 valence electrons. The maximum Gasteiger partial charge on any atom is 0.224 e. The molecule has 7 heavy (non-hydrogen) atoms. The van der Waals surface area contributed by atoms with Crippen molar-refractivity contribution in [2.75, 3.05) is 0 Å². The van der Waals surface area contributed by atoms with Crippen molar-refractivity contribution in [1.82, 2.24) is 0 Å². The van der Waals surface area contributed by atoms with Gasteiger partial charge in [0.15, 0.2) is 0 Å². The molecule has 0 aromatic carbocycles. The van der Waals surface area contributed by atoms with Gasteiger partial charge in [-0.05, 0) is 0 Å². The number of rotatable bonds is 1. The number of hydrogen-bond acceptors (Lipinski definition) is 3. The molecule has 0 atom stereocenters. The summed E-state index contributed by atoms with van der Waals surface area (Å²) in [7, 11) is -2.40. The third kappa shape index (κ3) is 5.71. The first-order chi connectivity index (χ1) is 3.13. The lowest BCUT2D eigenvalue weighted by Gasteiger charge is -1.60. The maximum absolute atomic E-state index is 9.67. The van der Waals surface area contributed by atoms with Gasteiger partial charge in [-0.3, -0.25) is 4.79 Å². The molecule has 0 saturated heterocycles. The Kier molecular flexibility index (Phi) is 2.70. The van der Waals surface area contributed by atoms with E-state index in [1.165, 1.54) is 0 Å². The summed E-state index contributed by atoms with van der Waals surface area (Å²) in [6, 6.07) is 0. The molecule has 0 spiro atoms. The zero-order valence-electron chi connectivity index (χ0n) is 3.16. The Morgan fingerprint density at radius 1 is 1.57 bits per heavy atom. The van der Waals surface area contributed by atoms with Gasteiger partial charge < -0.3 is 0 Å². The van der Waals surface area contributed by atoms with Gasteiger partial charge in [-0.2, -0.15) is 8.42 Å². The molecule has 0 aromatic rings. The first-order valence-corrected chi connectivity index (χ1v) is 2.87. The fourth-order valence-electron chi connectivity index (χ4n) is 0.0823. The molecule has 0 fully saturated rings. The summed E-state index contributed by atoms with van der Waals surface area (Å²) in [5, 5.41) is -0.281. The Bertz CT molecular complexity index is 179. The minimum Gasteiger partial charge on any atom is -0.281 e. The fraction of sp³-hybridized carbons (Fsp3) is 0. The van der Waals surface area contributed by atoms with Crippen molar-refractivity contribution in [3.05, 3.63) is 0 Å². The number of carbonyl (C=O) groups excluding carboxylic acids is 1. The molecular formula is C2H2O3S2. The molecule has 3 nitrogen and oxygen atoms in total. The lowest BCUT2D eigenvalue weighted by molar-refractivity contribution is -0.104. The lowest BCUT2D eigenvalue weighted by atomic mass is 10.9. The highest BCUT2D eigenvalue weighted by atomic mass is 32.2. The van der Waals surface area contributed by atoms with Gasteiger partial charge in [-0.25, -0.2) is 0 Å². The average Bonchev–Trinajstić information content (AvgIpc) is 1.27. The second-order valence-electron chi connectivity index (χ2n) is 0.717. The van der Waals surface area contributed by atoms with Gasteiger partial charge in [-0.1, -0.05) is 12.6 Å². The molecule has 5 heteroatoms. The van der Waals surface area contributed by atoms with Crippen molar-refractivity contribution in [2.24, 2.45) is 0 Å². The molecule has 0 saturated carbocycles. The lowest BCUT2D eigenvalue weighted by Crippen LogP contribution is -1.85. The zero-order chi connectivity index (χ0) is 5.86. The van der Waals surface area contributed by atoms with Gasteiger partial charge in [0.25, 0.3) is 0 Å². The van der Waals surface area contributed by atoms with Crippen molar-refractivity contribution >= 4 is 33.4 Å². The summed E-state index contributed by atoms with van der Waals surface area (Å²) in [5.74, 6) is 0. The van der Waals surface area contributed by atoms with Crippen molar-refractivity contribution in [1.29, 1.82) is 0 Å². The number of thiol groups is 1. The molecule has 0 heterocycles. The van der Waals surface area contributed by atoms with Crippen LogP contribution in [0.1, 0.15) is 0 Å². The SMILES string of the molecule is O=C(S)C=S(=O)=O. The van der Waals surface area contributed by atoms with Gasteiger partial charge in [-0.15, -0.1) is 0 Å². The quantitative estimate of drug-likeness (QED) is 0.378. The summed E-state index contributed by atoms with van der Waals surface area (Å²) in [4.78, 5) is 9.67. The highest BCUT2D eigenvalue weighted by Crippen LogP contribution is 1.66. The Morgan fingerprint density at radius 2 is 2.00 bits per heavy atom. The van der Waals surface area contributed by atoms with Crippen LogP contribution in [-0.2, 0) is 15.1 Å². The van der Waals surface area contributed by atoms with Gasteiger partial charge in [0.1, 0.15) is 5.37 Å². The van der Waals surface area contributed by atoms with E-state index >= 15 is 0 Å². The molecule has 0 aromatic heterocycles. The average molecular weight is 138 g/mol. The topological polar surface area (TPSA) is 51.2 Å². The van der Waals surface area contributed by atoms with E-state index in [-0.39, 0.29) is 0 Å². The van der Waals surface area contributed by atoms with Crippen LogP contribution in [-0.4, -0.2) is 18.9 Å². The summed E-state index contributed by atoms with van der Waals surface area (Å²) in [6.45, 7) is 0. The minimum absolute atomic E-state index is 0.475. The van der Waals surface area contributed by atoms with Crippen molar-refractivity contribution in [3.63, 3.8) is 0 Å². The molecule has 0 aliphatic heterocycles. The van der Waals surface area contributed by atoms with Crippen LogP contribution in [0.2, 0.25) is 0 Å². The minimum atomic E-state index is -2.40. The second-order valence-corrected chi connectivity index (χ2v) is 1.91. The van der Waals surface area contributed by atoms with Crippen LogP contribution >= 0.6 is 12.6 Å². The van der Waals surface area contributed by atoms with Crippen LogP contribution < -0.4 is 0 Å². The van der Waals surface area contributed by atoms with Crippen molar-refractivity contribution < 1.29 is 13.2 Å². The third-order valence-electron chi connectivity index (χ3n) is 0.197. The van der Waals surface area contributed by atoms with E-state index in [2.05, 4.69) is 12.6 Å². The standard InChI is InChI=1S/C2H2O3S2/c3-2(6)1-7(4)5/h1H,(H,3,6). The number of carbonyl (C=O) groups is 1. The fourth-order valence-corrected chi connectivity index (χ4v) is 0.505. The van der Waals surface area contributed by atoms with Gasteiger partial charge in [0.05, 0.1) is 0 Å². The Labute approximate surface area is 47.3 Å². The summed E-state index contributed by atoms with van der Waals surface area (Å²) in [6.07, 6.45) is 0. The maximum atomic E-state index is 9.67. The highest BCUT2D eigenvalue weighted by molar-refractivity contribution is 8.00. The predicted octanol–water partition coefficient (Wildman–Crippen LogP) is -0.876. The third-order valence-corrected chi connectivity index (χ3v) is 0.907. The molecule has 0 aliphatic rings. The van der Waals surface area contributed by atoms with Gasteiger partial charge in [0.2, 0.25) is 15.4 Å². The molecule has 0 aliphatic carbocycles. The number of hydrogen-bond donors (Lipinski definition) is 1. The summed E-state index contributed by atoms with van der Waals surface area (Å²) in [5.41, 5.74) is 0. The van der Waals surface area contributed by atoms with Gasteiger partial charge in [0, 0.05) is 0 Å². The largest absolute Gasteiger partial charge is 0.281 e. The van der Waals surface area contributed by atoms with Crippen LogP contribution in [0.15, 0.2) is 0 Å². The van der Waals surface area contributed by atoms with Crippen LogP contribution in [0.5, 0.6) is 0 Å². The first kappa shape index (κ1) is 6.71. The van der Waals surface area contributed by atoms with Crippen molar-refractivity contribution in [2.45, 2.75) is 0 Å². The second kappa shape index (κ2) is 2.81. The monoisotopic (exact) mass is 138 g/mol. The van der Waals surface area contributed by atoms with E-state index in [0.717, 1.165) is 0 Å². The first-order valence-electron chi connectivity index (χ1n) is 1.29. The Balaban J connectivity index is 4.26. The highest BCUT2D eigenvalue weighted by Gasteiger charge is 1.81. The van der Waals surface area contributed by atoms with Crippen LogP contribution in [0.25, 0.3) is 0 Å². The Hall–Kier alpha value is -0.290. The van der Waals surface area contributed by atoms with E-state index < -0.39 is 15.4 Å². The van der Waals surface area contributed by atoms with Crippen LogP contribution in [0, 0.1) is 0 Å². The van der Waals surface area contributed by atoms with E-state index in [1.807, 2.05) is 0 Å². The van der Waals surface area contributed by atoms with Gasteiger partial charge >= 0.3 is 0 Å². The zero-order valence-corrected chi connectivity index (χ0v) is 4.87. The molecule has 0 bridgehead atoms. The van der Waals surface area contributed by atoms with E-state index in [9.17, 15) is 13.2 Å². The summed E-state index contributed by atoms with van der Waals surface area (Å²) >= 11 is 3.15. The van der Waals surface area contributed by atoms with E-state index in [4.69, 9.17) is 0 Å². The Morgan fingerprint density at radius 3 is 2.00 bits per heavy atom. The smallest absolute Gasteiger partial charge is 0.224 e. The molecule has 0 rings (SSSR count). The van der Waals surface area contributed by atoms with Crippen molar-refractivity contribution in [3.8, 4) is 0 Å². The van der Waals surface area contributed by atoms with E-state index in [0.29, 0.717) is 5.37 Å². The molecular weight excluding hydrogens is 136 g/mol. The molecule has 0 N–H and O–H groups in total. The normalized spacial score (nSPS) is 7.57. The summed E-state index contributed by atoms with van der Waals surface area (Å²) < 4.78 is 19.0. The molecule has 0 amide bonds. The molecule has 0 unspecified atom stereocenters. The molecule has 0 radical (unpaired) electrons. The van der Waals surface area contributed by atoms with Crippen LogP contribution in [0.4, 0.5) is 0 Å².